The average molecular weight is 148 g/mol. The van der Waals surface area contributed by atoms with Crippen molar-refractivity contribution < 1.29 is 4.43 Å². The predicted molar refractivity (Wildman–Crippen MR) is 43.1 cm³/mol. The molecular formula is C5H12OSSi. The first-order valence-corrected chi connectivity index (χ1v) is 4.10. The van der Waals surface area contributed by atoms with Crippen LogP contribution in [0.15, 0.2) is 0 Å². The molecule has 3 heteroatoms. The van der Waals surface area contributed by atoms with Crippen molar-refractivity contribution in [3.05, 3.63) is 0 Å². The van der Waals surface area contributed by atoms with Gasteiger partial charge in [-0.2, -0.15) is 0 Å². The SMILES string of the molecule is CCCCC(=S)O[SiH3]. The van der Waals surface area contributed by atoms with E-state index in [0.717, 1.165) is 22.0 Å². The van der Waals surface area contributed by atoms with Crippen LogP contribution in [-0.4, -0.2) is 15.5 Å². The molecule has 0 fully saturated rings. The Kier molecular flexibility index (Phi) is 5.32. The summed E-state index contributed by atoms with van der Waals surface area (Å²) in [5.41, 5.74) is 0. The molecule has 0 bridgehead atoms. The van der Waals surface area contributed by atoms with Gasteiger partial charge < -0.3 is 4.43 Å². The lowest BCUT2D eigenvalue weighted by Gasteiger charge is -1.98. The van der Waals surface area contributed by atoms with Crippen molar-refractivity contribution in [2.45, 2.75) is 26.2 Å². The predicted octanol–water partition coefficient (Wildman–Crippen LogP) is 0.801. The Morgan fingerprint density at radius 3 is 2.75 bits per heavy atom. The van der Waals surface area contributed by atoms with Gasteiger partial charge in [-0.15, -0.1) is 0 Å². The second-order valence-electron chi connectivity index (χ2n) is 1.68. The minimum atomic E-state index is 0.748. The zero-order valence-corrected chi connectivity index (χ0v) is 8.25. The summed E-state index contributed by atoms with van der Waals surface area (Å²) >= 11 is 4.83. The summed E-state index contributed by atoms with van der Waals surface area (Å²) in [5, 5.41) is 0.790. The first-order valence-electron chi connectivity index (χ1n) is 2.88. The molecule has 0 aliphatic heterocycles. The van der Waals surface area contributed by atoms with E-state index in [1.165, 1.54) is 12.8 Å². The maximum Gasteiger partial charge on any atom is 0.204 e. The highest BCUT2D eigenvalue weighted by molar-refractivity contribution is 7.80. The number of hydrogen-bond donors (Lipinski definition) is 0. The molecule has 0 unspecified atom stereocenters. The van der Waals surface area contributed by atoms with E-state index in [9.17, 15) is 0 Å². The molecule has 1 nitrogen and oxygen atoms in total. The van der Waals surface area contributed by atoms with Crippen molar-refractivity contribution in [1.82, 2.24) is 0 Å². The molecule has 0 saturated heterocycles. The molecule has 0 heterocycles. The van der Waals surface area contributed by atoms with Gasteiger partial charge in [0.15, 0.2) is 0 Å². The Balaban J connectivity index is 2.99. The quantitative estimate of drug-likeness (QED) is 0.432. The Bertz CT molecular complexity index is 74.8. The number of unbranched alkanes of at least 4 members (excludes halogenated alkanes) is 1. The van der Waals surface area contributed by atoms with Crippen LogP contribution in [0.3, 0.4) is 0 Å². The average Bonchev–Trinajstić information content (AvgIpc) is 1.83. The van der Waals surface area contributed by atoms with Crippen LogP contribution in [0.25, 0.3) is 0 Å². The minimum Gasteiger partial charge on any atom is -0.549 e. The largest absolute Gasteiger partial charge is 0.549 e. The zero-order valence-electron chi connectivity index (χ0n) is 5.44. The zero-order chi connectivity index (χ0) is 6.41. The Morgan fingerprint density at radius 1 is 1.75 bits per heavy atom. The van der Waals surface area contributed by atoms with Gasteiger partial charge in [0, 0.05) is 6.42 Å². The van der Waals surface area contributed by atoms with E-state index in [0.29, 0.717) is 0 Å². The number of hydrogen-bond acceptors (Lipinski definition) is 2. The third kappa shape index (κ3) is 4.27. The van der Waals surface area contributed by atoms with Gasteiger partial charge >= 0.3 is 0 Å². The molecule has 0 aromatic rings. The van der Waals surface area contributed by atoms with E-state index < -0.39 is 0 Å². The van der Waals surface area contributed by atoms with Gasteiger partial charge in [-0.1, -0.05) is 13.3 Å². The van der Waals surface area contributed by atoms with Crippen LogP contribution < -0.4 is 0 Å². The fraction of sp³-hybridized carbons (Fsp3) is 0.800. The van der Waals surface area contributed by atoms with Crippen LogP contribution in [0, 0.1) is 0 Å². The summed E-state index contributed by atoms with van der Waals surface area (Å²) in [4.78, 5) is 0. The van der Waals surface area contributed by atoms with Crippen LogP contribution in [0.2, 0.25) is 0 Å². The van der Waals surface area contributed by atoms with Crippen LogP contribution in [0.5, 0.6) is 0 Å². The first-order chi connectivity index (χ1) is 3.81. The van der Waals surface area contributed by atoms with Crippen molar-refractivity contribution in [2.75, 3.05) is 0 Å². The summed E-state index contributed by atoms with van der Waals surface area (Å²) in [6, 6.07) is 0. The molecule has 0 aliphatic rings. The molecule has 0 aliphatic carbocycles. The fourth-order valence-electron chi connectivity index (χ4n) is 0.423. The van der Waals surface area contributed by atoms with E-state index in [1.54, 1.807) is 0 Å². The van der Waals surface area contributed by atoms with E-state index in [-0.39, 0.29) is 0 Å². The molecule has 0 rings (SSSR count). The van der Waals surface area contributed by atoms with Crippen molar-refractivity contribution >= 4 is 27.8 Å². The second-order valence-corrected chi connectivity index (χ2v) is 2.54. The van der Waals surface area contributed by atoms with Crippen LogP contribution in [0.1, 0.15) is 26.2 Å². The molecule has 0 aromatic carbocycles. The van der Waals surface area contributed by atoms with Crippen molar-refractivity contribution in [1.29, 1.82) is 0 Å². The van der Waals surface area contributed by atoms with E-state index >= 15 is 0 Å². The van der Waals surface area contributed by atoms with Crippen LogP contribution in [0.4, 0.5) is 0 Å². The summed E-state index contributed by atoms with van der Waals surface area (Å²) in [5.74, 6) is 0. The summed E-state index contributed by atoms with van der Waals surface area (Å²) in [6.45, 7) is 2.15. The molecule has 0 atom stereocenters. The summed E-state index contributed by atoms with van der Waals surface area (Å²) in [6.07, 6.45) is 3.33. The van der Waals surface area contributed by atoms with Gasteiger partial charge in [-0.3, -0.25) is 0 Å². The van der Waals surface area contributed by atoms with E-state index in [4.69, 9.17) is 16.6 Å². The Hall–Kier alpha value is 0.107. The summed E-state index contributed by atoms with van der Waals surface area (Å²) < 4.78 is 4.92. The summed E-state index contributed by atoms with van der Waals surface area (Å²) in [7, 11) is 0.748. The van der Waals surface area contributed by atoms with Crippen molar-refractivity contribution in [3.63, 3.8) is 0 Å². The Morgan fingerprint density at radius 2 is 2.38 bits per heavy atom. The maximum absolute atomic E-state index is 4.92. The van der Waals surface area contributed by atoms with Crippen molar-refractivity contribution in [3.8, 4) is 0 Å². The van der Waals surface area contributed by atoms with E-state index in [2.05, 4.69) is 6.92 Å². The lowest BCUT2D eigenvalue weighted by atomic mass is 10.3. The van der Waals surface area contributed by atoms with Gasteiger partial charge in [0.05, 0.1) is 0 Å². The first kappa shape index (κ1) is 8.11. The van der Waals surface area contributed by atoms with E-state index in [1.807, 2.05) is 0 Å². The monoisotopic (exact) mass is 148 g/mol. The van der Waals surface area contributed by atoms with Crippen LogP contribution >= 0.6 is 12.2 Å². The highest BCUT2D eigenvalue weighted by atomic mass is 32.1. The maximum atomic E-state index is 4.92. The molecule has 8 heavy (non-hydrogen) atoms. The molecule has 0 spiro atoms. The molecule has 0 aromatic heterocycles. The third-order valence-corrected chi connectivity index (χ3v) is 2.12. The fourth-order valence-corrected chi connectivity index (χ4v) is 0.772. The van der Waals surface area contributed by atoms with Gasteiger partial charge in [0.1, 0.15) is 5.05 Å². The van der Waals surface area contributed by atoms with Crippen LogP contribution in [-0.2, 0) is 4.43 Å². The molecule has 0 radical (unpaired) electrons. The number of rotatable bonds is 3. The lowest BCUT2D eigenvalue weighted by molar-refractivity contribution is 0.597. The molecule has 0 amide bonds. The van der Waals surface area contributed by atoms with Gasteiger partial charge in [0.25, 0.3) is 0 Å². The van der Waals surface area contributed by atoms with Gasteiger partial charge in [-0.05, 0) is 18.6 Å². The standard InChI is InChI=1S/C5H12OSSi/c1-2-3-4-5(7)6-8/h2-4H2,1,8H3. The molecular weight excluding hydrogens is 136 g/mol. The Labute approximate surface area is 59.0 Å². The highest BCUT2D eigenvalue weighted by Gasteiger charge is 1.89. The topological polar surface area (TPSA) is 9.23 Å². The molecule has 48 valence electrons. The highest BCUT2D eigenvalue weighted by Crippen LogP contribution is 1.96. The lowest BCUT2D eigenvalue weighted by Crippen LogP contribution is -1.96. The minimum absolute atomic E-state index is 0.748. The number of thiocarbonyl (C=S) groups is 1. The van der Waals surface area contributed by atoms with Crippen molar-refractivity contribution in [2.24, 2.45) is 0 Å². The second kappa shape index (κ2) is 5.25. The van der Waals surface area contributed by atoms with Gasteiger partial charge in [-0.25, -0.2) is 0 Å². The normalized spacial score (nSPS) is 9.12. The third-order valence-electron chi connectivity index (χ3n) is 0.962. The molecule has 0 N–H and O–H groups in total. The smallest absolute Gasteiger partial charge is 0.204 e. The molecule has 0 saturated carbocycles. The van der Waals surface area contributed by atoms with Gasteiger partial charge in [0.2, 0.25) is 10.5 Å².